The summed E-state index contributed by atoms with van der Waals surface area (Å²) in [4.78, 5) is 14.9. The van der Waals surface area contributed by atoms with Gasteiger partial charge in [-0.1, -0.05) is 23.7 Å². The van der Waals surface area contributed by atoms with Gasteiger partial charge in [-0.15, -0.1) is 0 Å². The van der Waals surface area contributed by atoms with E-state index in [1.807, 2.05) is 17.0 Å². The number of amides is 1. The summed E-state index contributed by atoms with van der Waals surface area (Å²) in [5.74, 6) is -0.357. The Bertz CT molecular complexity index is 957. The van der Waals surface area contributed by atoms with Crippen molar-refractivity contribution in [1.82, 2.24) is 19.2 Å². The lowest BCUT2D eigenvalue weighted by molar-refractivity contribution is 0.0694. The third-order valence-electron chi connectivity index (χ3n) is 5.33. The largest absolute Gasteiger partial charge is 0.351 e. The maximum atomic E-state index is 13.1. The minimum atomic E-state index is -0.286. The van der Waals surface area contributed by atoms with E-state index in [2.05, 4.69) is 22.1 Å². The molecule has 28 heavy (non-hydrogen) atoms. The van der Waals surface area contributed by atoms with Crippen LogP contribution >= 0.6 is 11.6 Å². The van der Waals surface area contributed by atoms with Crippen molar-refractivity contribution in [2.45, 2.75) is 32.4 Å². The van der Waals surface area contributed by atoms with Crippen molar-refractivity contribution in [3.63, 3.8) is 0 Å². The molecule has 3 heterocycles. The van der Waals surface area contributed by atoms with Gasteiger partial charge in [-0.05, 0) is 49.6 Å². The molecule has 0 bridgehead atoms. The number of hydrogen-bond donors (Lipinski definition) is 0. The zero-order chi connectivity index (χ0) is 19.7. The van der Waals surface area contributed by atoms with Crippen molar-refractivity contribution < 1.29 is 9.18 Å². The van der Waals surface area contributed by atoms with Gasteiger partial charge in [-0.25, -0.2) is 9.07 Å². The van der Waals surface area contributed by atoms with E-state index < -0.39 is 0 Å². The molecule has 2 aromatic heterocycles. The van der Waals surface area contributed by atoms with Gasteiger partial charge in [-0.3, -0.25) is 4.79 Å². The number of halogens is 2. The molecule has 3 aromatic rings. The van der Waals surface area contributed by atoms with Gasteiger partial charge in [0, 0.05) is 31.5 Å². The van der Waals surface area contributed by atoms with Gasteiger partial charge in [0.25, 0.3) is 5.91 Å². The van der Waals surface area contributed by atoms with Crippen LogP contribution in [0.1, 0.15) is 40.5 Å². The van der Waals surface area contributed by atoms with Gasteiger partial charge in [0.1, 0.15) is 11.0 Å². The zero-order valence-electron chi connectivity index (χ0n) is 15.7. The molecule has 0 spiro atoms. The number of piperidine rings is 1. The number of benzene rings is 1. The molecule has 1 fully saturated rings. The summed E-state index contributed by atoms with van der Waals surface area (Å²) in [5.41, 5.74) is 1.95. The predicted molar refractivity (Wildman–Crippen MR) is 106 cm³/mol. The Hall–Kier alpha value is -2.60. The molecule has 1 aliphatic heterocycles. The first-order chi connectivity index (χ1) is 13.5. The lowest BCUT2D eigenvalue weighted by Gasteiger charge is -2.32. The van der Waals surface area contributed by atoms with Crippen LogP contribution in [0.3, 0.4) is 0 Å². The predicted octanol–water partition coefficient (Wildman–Crippen LogP) is 4.31. The summed E-state index contributed by atoms with van der Waals surface area (Å²) in [7, 11) is 0. The lowest BCUT2D eigenvalue weighted by Crippen LogP contribution is -2.39. The van der Waals surface area contributed by atoms with Crippen LogP contribution in [0.5, 0.6) is 0 Å². The van der Waals surface area contributed by atoms with Crippen molar-refractivity contribution >= 4 is 17.5 Å². The van der Waals surface area contributed by atoms with E-state index in [4.69, 9.17) is 11.6 Å². The fourth-order valence-electron chi connectivity index (χ4n) is 3.78. The highest BCUT2D eigenvalue weighted by Gasteiger charge is 2.28. The fourth-order valence-corrected chi connectivity index (χ4v) is 4.10. The van der Waals surface area contributed by atoms with Gasteiger partial charge in [-0.2, -0.15) is 5.10 Å². The van der Waals surface area contributed by atoms with Gasteiger partial charge in [0.15, 0.2) is 0 Å². The molecule has 1 aromatic carbocycles. The average Bonchev–Trinajstić information content (AvgIpc) is 3.32. The average molecular weight is 401 g/mol. The molecule has 0 N–H and O–H groups in total. The second-order valence-corrected chi connectivity index (χ2v) is 7.55. The van der Waals surface area contributed by atoms with Crippen LogP contribution in [-0.4, -0.2) is 38.2 Å². The van der Waals surface area contributed by atoms with Gasteiger partial charge in [0.2, 0.25) is 0 Å². The van der Waals surface area contributed by atoms with Crippen LogP contribution in [0.4, 0.5) is 4.39 Å². The zero-order valence-corrected chi connectivity index (χ0v) is 16.4. The van der Waals surface area contributed by atoms with E-state index in [-0.39, 0.29) is 11.7 Å². The van der Waals surface area contributed by atoms with Crippen molar-refractivity contribution in [2.75, 3.05) is 13.1 Å². The lowest BCUT2D eigenvalue weighted by atomic mass is 10.0. The Morgan fingerprint density at radius 2 is 1.82 bits per heavy atom. The van der Waals surface area contributed by atoms with Crippen LogP contribution in [0.2, 0.25) is 5.15 Å². The molecule has 7 heteroatoms. The van der Waals surface area contributed by atoms with Gasteiger partial charge < -0.3 is 9.47 Å². The number of hydrogen-bond acceptors (Lipinski definition) is 2. The smallest absolute Gasteiger partial charge is 0.258 e. The van der Waals surface area contributed by atoms with Crippen LogP contribution in [0, 0.1) is 12.7 Å². The molecule has 0 saturated carbocycles. The molecule has 1 amide bonds. The van der Waals surface area contributed by atoms with Crippen LogP contribution in [0.25, 0.3) is 0 Å². The second-order valence-electron chi connectivity index (χ2n) is 7.19. The quantitative estimate of drug-likeness (QED) is 0.654. The van der Waals surface area contributed by atoms with Crippen LogP contribution in [-0.2, 0) is 6.54 Å². The standard InChI is InChI=1S/C21H22ClFN4O/c1-15-19(20(22)27(24-15)14-16-4-6-17(23)7-5-16)21(28)26-12-8-18(9-13-26)25-10-2-3-11-25/h2-7,10-11,18H,8-9,12-14H2,1H3. The fraction of sp³-hybridized carbons (Fsp3) is 0.333. The number of likely N-dealkylation sites (tertiary alicyclic amines) is 1. The monoisotopic (exact) mass is 400 g/mol. The molecular formula is C21H22ClFN4O. The van der Waals surface area contributed by atoms with E-state index in [0.717, 1.165) is 18.4 Å². The highest BCUT2D eigenvalue weighted by Crippen LogP contribution is 2.27. The van der Waals surface area contributed by atoms with Crippen LogP contribution in [0.15, 0.2) is 48.8 Å². The molecule has 1 aliphatic rings. The molecule has 5 nitrogen and oxygen atoms in total. The van der Waals surface area contributed by atoms with E-state index in [1.54, 1.807) is 23.7 Å². The first kappa shape index (κ1) is 18.7. The summed E-state index contributed by atoms with van der Waals surface area (Å²) in [6.45, 7) is 3.58. The molecule has 0 unspecified atom stereocenters. The number of nitrogens with zero attached hydrogens (tertiary/aromatic N) is 4. The molecule has 0 radical (unpaired) electrons. The topological polar surface area (TPSA) is 43.1 Å². The first-order valence-corrected chi connectivity index (χ1v) is 9.80. The van der Waals surface area contributed by atoms with E-state index in [1.165, 1.54) is 12.1 Å². The van der Waals surface area contributed by atoms with Crippen molar-refractivity contribution in [1.29, 1.82) is 0 Å². The SMILES string of the molecule is Cc1nn(Cc2ccc(F)cc2)c(Cl)c1C(=O)N1CCC(n2cccc2)CC1. The van der Waals surface area contributed by atoms with Crippen molar-refractivity contribution in [3.05, 3.63) is 76.6 Å². The van der Waals surface area contributed by atoms with E-state index in [9.17, 15) is 9.18 Å². The Kier molecular flexibility index (Phi) is 5.22. The highest BCUT2D eigenvalue weighted by molar-refractivity contribution is 6.33. The minimum absolute atomic E-state index is 0.0705. The maximum Gasteiger partial charge on any atom is 0.258 e. The summed E-state index contributed by atoms with van der Waals surface area (Å²) >= 11 is 6.51. The second kappa shape index (κ2) is 7.80. The number of aromatic nitrogens is 3. The van der Waals surface area contributed by atoms with Crippen molar-refractivity contribution in [2.24, 2.45) is 0 Å². The third kappa shape index (κ3) is 3.69. The van der Waals surface area contributed by atoms with E-state index >= 15 is 0 Å². The Labute approximate surface area is 168 Å². The number of carbonyl (C=O) groups excluding carboxylic acids is 1. The summed E-state index contributed by atoms with van der Waals surface area (Å²) < 4.78 is 16.9. The number of carbonyl (C=O) groups is 1. The van der Waals surface area contributed by atoms with Gasteiger partial charge >= 0.3 is 0 Å². The Morgan fingerprint density at radius 3 is 2.46 bits per heavy atom. The summed E-state index contributed by atoms with van der Waals surface area (Å²) in [6.07, 6.45) is 5.98. The van der Waals surface area contributed by atoms with Gasteiger partial charge in [0.05, 0.1) is 17.8 Å². The maximum absolute atomic E-state index is 13.1. The summed E-state index contributed by atoms with van der Waals surface area (Å²) in [6, 6.07) is 10.7. The number of aryl methyl sites for hydroxylation is 1. The minimum Gasteiger partial charge on any atom is -0.351 e. The first-order valence-electron chi connectivity index (χ1n) is 9.42. The normalized spacial score (nSPS) is 15.2. The summed E-state index contributed by atoms with van der Waals surface area (Å²) in [5, 5.41) is 4.77. The molecular weight excluding hydrogens is 379 g/mol. The van der Waals surface area contributed by atoms with Crippen molar-refractivity contribution in [3.8, 4) is 0 Å². The molecule has 4 rings (SSSR count). The van der Waals surface area contributed by atoms with E-state index in [0.29, 0.717) is 42.1 Å². The molecule has 0 atom stereocenters. The highest BCUT2D eigenvalue weighted by atomic mass is 35.5. The van der Waals surface area contributed by atoms with Crippen LogP contribution < -0.4 is 0 Å². The Morgan fingerprint density at radius 1 is 1.18 bits per heavy atom. The molecule has 146 valence electrons. The Balaban J connectivity index is 1.47. The number of rotatable bonds is 4. The third-order valence-corrected chi connectivity index (χ3v) is 5.71. The molecule has 0 aliphatic carbocycles. The molecule has 1 saturated heterocycles.